The van der Waals surface area contributed by atoms with Crippen molar-refractivity contribution in [1.82, 2.24) is 20.0 Å². The molecule has 0 unspecified atom stereocenters. The van der Waals surface area contributed by atoms with Gasteiger partial charge in [0.15, 0.2) is 0 Å². The topological polar surface area (TPSA) is 89.5 Å². The molecule has 4 heterocycles. The molecule has 1 aliphatic rings. The zero-order valence-corrected chi connectivity index (χ0v) is 15.3. The first-order chi connectivity index (χ1) is 13.3. The van der Waals surface area contributed by atoms with Crippen LogP contribution in [0.5, 0.6) is 0 Å². The zero-order valence-electron chi connectivity index (χ0n) is 15.3. The lowest BCUT2D eigenvalue weighted by Crippen LogP contribution is -2.22. The molecule has 1 N–H and O–H groups in total. The second-order valence-corrected chi connectivity index (χ2v) is 6.48. The smallest absolute Gasteiger partial charge is 0.244 e. The number of likely N-dealkylation sites (tertiary alicyclic amines) is 1. The van der Waals surface area contributed by atoms with Crippen LogP contribution in [0.1, 0.15) is 30.5 Å². The summed E-state index contributed by atoms with van der Waals surface area (Å²) in [4.78, 5) is 11.4. The number of methoxy groups -OCH3 is 1. The fourth-order valence-electron chi connectivity index (χ4n) is 3.38. The SMILES string of the molecule is COCCNc1ncccc1-c1noc([C@@H]2CCCN2Cc2ccco2)n1. The minimum atomic E-state index is 0.109. The van der Waals surface area contributed by atoms with Gasteiger partial charge < -0.3 is 19.0 Å². The summed E-state index contributed by atoms with van der Waals surface area (Å²) in [6.45, 7) is 2.98. The van der Waals surface area contributed by atoms with Gasteiger partial charge in [-0.1, -0.05) is 5.16 Å². The third kappa shape index (κ3) is 4.01. The van der Waals surface area contributed by atoms with E-state index in [1.165, 1.54) is 0 Å². The minimum Gasteiger partial charge on any atom is -0.468 e. The maximum atomic E-state index is 5.62. The van der Waals surface area contributed by atoms with Crippen molar-refractivity contribution in [2.45, 2.75) is 25.4 Å². The van der Waals surface area contributed by atoms with Crippen LogP contribution >= 0.6 is 0 Å². The van der Waals surface area contributed by atoms with Crippen LogP contribution in [-0.2, 0) is 11.3 Å². The zero-order chi connectivity index (χ0) is 18.5. The third-order valence-corrected chi connectivity index (χ3v) is 4.68. The Bertz CT molecular complexity index is 849. The lowest BCUT2D eigenvalue weighted by Gasteiger charge is -2.19. The summed E-state index contributed by atoms with van der Waals surface area (Å²) in [5.74, 6) is 2.85. The van der Waals surface area contributed by atoms with Crippen LogP contribution in [0.15, 0.2) is 45.7 Å². The number of nitrogens with zero attached hydrogens (tertiary/aromatic N) is 4. The number of nitrogens with one attached hydrogen (secondary N) is 1. The maximum Gasteiger partial charge on any atom is 0.244 e. The second kappa shape index (κ2) is 8.32. The van der Waals surface area contributed by atoms with Gasteiger partial charge in [-0.2, -0.15) is 4.98 Å². The molecule has 0 aliphatic carbocycles. The van der Waals surface area contributed by atoms with Crippen LogP contribution in [0.4, 0.5) is 5.82 Å². The third-order valence-electron chi connectivity index (χ3n) is 4.68. The summed E-state index contributed by atoms with van der Waals surface area (Å²) in [5, 5.41) is 7.45. The van der Waals surface area contributed by atoms with Gasteiger partial charge in [0, 0.05) is 19.9 Å². The molecule has 3 aromatic rings. The van der Waals surface area contributed by atoms with Gasteiger partial charge in [-0.05, 0) is 43.7 Å². The summed E-state index contributed by atoms with van der Waals surface area (Å²) in [5.41, 5.74) is 0.819. The lowest BCUT2D eigenvalue weighted by molar-refractivity contribution is 0.188. The number of hydrogen-bond donors (Lipinski definition) is 1. The van der Waals surface area contributed by atoms with E-state index in [2.05, 4.69) is 25.3 Å². The highest BCUT2D eigenvalue weighted by Crippen LogP contribution is 2.34. The van der Waals surface area contributed by atoms with Gasteiger partial charge >= 0.3 is 0 Å². The fraction of sp³-hybridized carbons (Fsp3) is 0.421. The van der Waals surface area contributed by atoms with Crippen LogP contribution in [0.25, 0.3) is 11.4 Å². The number of aromatic nitrogens is 3. The monoisotopic (exact) mass is 369 g/mol. The molecule has 1 aliphatic heterocycles. The molecule has 0 amide bonds. The van der Waals surface area contributed by atoms with Gasteiger partial charge in [-0.3, -0.25) is 4.90 Å². The van der Waals surface area contributed by atoms with Gasteiger partial charge in [0.05, 0.1) is 31.0 Å². The molecular weight excluding hydrogens is 346 g/mol. The van der Waals surface area contributed by atoms with Crippen molar-refractivity contribution in [2.75, 3.05) is 32.1 Å². The molecule has 1 atom stereocenters. The molecule has 0 spiro atoms. The van der Waals surface area contributed by atoms with E-state index in [0.29, 0.717) is 24.9 Å². The van der Waals surface area contributed by atoms with E-state index in [9.17, 15) is 0 Å². The average Bonchev–Trinajstić information content (AvgIpc) is 3.44. The molecular formula is C19H23N5O3. The maximum absolute atomic E-state index is 5.62. The van der Waals surface area contributed by atoms with E-state index in [1.54, 1.807) is 19.6 Å². The van der Waals surface area contributed by atoms with Crippen LogP contribution in [-0.4, -0.2) is 46.8 Å². The second-order valence-electron chi connectivity index (χ2n) is 6.48. The Morgan fingerprint density at radius 2 is 2.30 bits per heavy atom. The number of hydrogen-bond acceptors (Lipinski definition) is 8. The Labute approximate surface area is 157 Å². The number of rotatable bonds is 8. The first-order valence-electron chi connectivity index (χ1n) is 9.13. The molecule has 4 rings (SSSR count). The highest BCUT2D eigenvalue weighted by atomic mass is 16.5. The summed E-state index contributed by atoms with van der Waals surface area (Å²) in [7, 11) is 1.67. The molecule has 1 fully saturated rings. The lowest BCUT2D eigenvalue weighted by atomic mass is 10.2. The van der Waals surface area contributed by atoms with E-state index in [-0.39, 0.29) is 6.04 Å². The fourth-order valence-corrected chi connectivity index (χ4v) is 3.38. The van der Waals surface area contributed by atoms with Crippen molar-refractivity contribution in [1.29, 1.82) is 0 Å². The Hall–Kier alpha value is -2.71. The predicted molar refractivity (Wildman–Crippen MR) is 99.0 cm³/mol. The molecule has 0 saturated carbocycles. The van der Waals surface area contributed by atoms with Gasteiger partial charge in [-0.15, -0.1) is 0 Å². The molecule has 142 valence electrons. The first-order valence-corrected chi connectivity index (χ1v) is 9.13. The summed E-state index contributed by atoms with van der Waals surface area (Å²) in [6, 6.07) is 7.81. The van der Waals surface area contributed by atoms with Crippen molar-refractivity contribution >= 4 is 5.82 Å². The molecule has 1 saturated heterocycles. The number of furan rings is 1. The van der Waals surface area contributed by atoms with E-state index in [1.807, 2.05) is 24.3 Å². The first kappa shape index (κ1) is 17.7. The molecule has 0 aromatic carbocycles. The Kier molecular flexibility index (Phi) is 5.45. The summed E-state index contributed by atoms with van der Waals surface area (Å²) in [6.07, 6.45) is 5.53. The van der Waals surface area contributed by atoms with E-state index < -0.39 is 0 Å². The highest BCUT2D eigenvalue weighted by molar-refractivity contribution is 5.69. The molecule has 8 nitrogen and oxygen atoms in total. The number of pyridine rings is 1. The van der Waals surface area contributed by atoms with Crippen molar-refractivity contribution in [3.05, 3.63) is 48.4 Å². The number of anilines is 1. The number of ether oxygens (including phenoxy) is 1. The van der Waals surface area contributed by atoms with Crippen molar-refractivity contribution < 1.29 is 13.7 Å². The van der Waals surface area contributed by atoms with Crippen LogP contribution < -0.4 is 5.32 Å². The van der Waals surface area contributed by atoms with Gasteiger partial charge in [0.1, 0.15) is 11.6 Å². The van der Waals surface area contributed by atoms with Gasteiger partial charge in [-0.25, -0.2) is 4.98 Å². The van der Waals surface area contributed by atoms with Crippen LogP contribution in [0.2, 0.25) is 0 Å². The van der Waals surface area contributed by atoms with Crippen molar-refractivity contribution in [3.63, 3.8) is 0 Å². The van der Waals surface area contributed by atoms with E-state index >= 15 is 0 Å². The predicted octanol–water partition coefficient (Wildman–Crippen LogP) is 3.12. The van der Waals surface area contributed by atoms with Gasteiger partial charge in [0.2, 0.25) is 11.7 Å². The quantitative estimate of drug-likeness (QED) is 0.606. The minimum absolute atomic E-state index is 0.109. The van der Waals surface area contributed by atoms with Crippen molar-refractivity contribution in [2.24, 2.45) is 0 Å². The Morgan fingerprint density at radius 3 is 3.15 bits per heavy atom. The molecule has 27 heavy (non-hydrogen) atoms. The summed E-state index contributed by atoms with van der Waals surface area (Å²) < 4.78 is 16.2. The Balaban J connectivity index is 1.51. The molecule has 0 radical (unpaired) electrons. The largest absolute Gasteiger partial charge is 0.468 e. The molecule has 3 aromatic heterocycles. The average molecular weight is 369 g/mol. The Morgan fingerprint density at radius 1 is 1.33 bits per heavy atom. The van der Waals surface area contributed by atoms with Gasteiger partial charge in [0.25, 0.3) is 0 Å². The standard InChI is InChI=1S/C19H23N5O3/c1-25-12-9-21-17-15(6-2-8-20-17)18-22-19(27-23-18)16-7-3-10-24(16)13-14-5-4-11-26-14/h2,4-6,8,11,16H,3,7,9-10,12-13H2,1H3,(H,20,21)/t16-/m0/s1. The van der Waals surface area contributed by atoms with E-state index in [4.69, 9.17) is 13.7 Å². The highest BCUT2D eigenvalue weighted by Gasteiger charge is 2.31. The normalized spacial score (nSPS) is 17.4. The molecule has 8 heteroatoms. The summed E-state index contributed by atoms with van der Waals surface area (Å²) >= 11 is 0. The molecule has 0 bridgehead atoms. The van der Waals surface area contributed by atoms with Crippen LogP contribution in [0, 0.1) is 0 Å². The van der Waals surface area contributed by atoms with Crippen LogP contribution in [0.3, 0.4) is 0 Å². The van der Waals surface area contributed by atoms with Crippen molar-refractivity contribution in [3.8, 4) is 11.4 Å². The van der Waals surface area contributed by atoms with E-state index in [0.717, 1.165) is 43.1 Å².